The van der Waals surface area contributed by atoms with E-state index in [1.165, 1.54) is 0 Å². The number of carbonyl (C=O) groups excluding carboxylic acids is 1. The van der Waals surface area contributed by atoms with Crippen LogP contribution in [0.5, 0.6) is 0 Å². The first-order valence-electron chi connectivity index (χ1n) is 8.95. The monoisotopic (exact) mass is 342 g/mol. The van der Waals surface area contributed by atoms with Crippen molar-refractivity contribution in [1.29, 1.82) is 0 Å². The Hall–Kier alpha value is -2.21. The Morgan fingerprint density at radius 1 is 1.20 bits per heavy atom. The molecule has 25 heavy (non-hydrogen) atoms. The van der Waals surface area contributed by atoms with Crippen molar-refractivity contribution in [3.63, 3.8) is 0 Å². The minimum atomic E-state index is 0.236. The molecule has 1 saturated heterocycles. The maximum absolute atomic E-state index is 12.3. The molecule has 1 aliphatic rings. The van der Waals surface area contributed by atoms with Crippen LogP contribution in [0.2, 0.25) is 0 Å². The molecule has 2 heterocycles. The number of nitrogens with zero attached hydrogens (tertiary/aromatic N) is 4. The Kier molecular flexibility index (Phi) is 5.81. The van der Waals surface area contributed by atoms with Crippen LogP contribution >= 0.6 is 0 Å². The fourth-order valence-electron chi connectivity index (χ4n) is 3.23. The fourth-order valence-corrected chi connectivity index (χ4v) is 3.23. The van der Waals surface area contributed by atoms with E-state index in [1.54, 1.807) is 0 Å². The van der Waals surface area contributed by atoms with Crippen LogP contribution in [0, 0.1) is 0 Å². The zero-order valence-corrected chi connectivity index (χ0v) is 15.0. The molecule has 1 amide bonds. The fraction of sp³-hybridized carbons (Fsp3) is 0.526. The van der Waals surface area contributed by atoms with Gasteiger partial charge in [0.05, 0.1) is 0 Å². The lowest BCUT2D eigenvalue weighted by molar-refractivity contribution is -0.132. The second kappa shape index (κ2) is 8.25. The van der Waals surface area contributed by atoms with E-state index in [2.05, 4.69) is 29.2 Å². The summed E-state index contributed by atoms with van der Waals surface area (Å²) in [5.41, 5.74) is 0.918. The van der Waals surface area contributed by atoms with Crippen LogP contribution in [0.15, 0.2) is 34.7 Å². The quantitative estimate of drug-likeness (QED) is 0.807. The number of likely N-dealkylation sites (tertiary alicyclic amines) is 1. The number of aryl methyl sites for hydroxylation is 1. The second-order valence-electron chi connectivity index (χ2n) is 6.80. The van der Waals surface area contributed by atoms with Gasteiger partial charge in [0.2, 0.25) is 17.7 Å². The maximum Gasteiger partial charge on any atom is 0.247 e. The van der Waals surface area contributed by atoms with E-state index in [0.717, 1.165) is 37.9 Å². The van der Waals surface area contributed by atoms with Crippen LogP contribution in [0.1, 0.15) is 31.6 Å². The molecule has 6 heteroatoms. The first-order chi connectivity index (χ1) is 12.1. The van der Waals surface area contributed by atoms with Crippen molar-refractivity contribution in [3.8, 4) is 11.5 Å². The summed E-state index contributed by atoms with van der Waals surface area (Å²) in [4.78, 5) is 16.6. The van der Waals surface area contributed by atoms with E-state index in [-0.39, 0.29) is 5.91 Å². The number of hydrogen-bond donors (Lipinski definition) is 0. The Morgan fingerprint density at radius 2 is 1.92 bits per heavy atom. The average molecular weight is 342 g/mol. The lowest BCUT2D eigenvalue weighted by atomic mass is 10.0. The topological polar surface area (TPSA) is 62.5 Å². The molecule has 6 nitrogen and oxygen atoms in total. The second-order valence-corrected chi connectivity index (χ2v) is 6.80. The number of hydrogen-bond acceptors (Lipinski definition) is 5. The average Bonchev–Trinajstić information content (AvgIpc) is 3.11. The molecule has 2 aromatic rings. The molecule has 0 aliphatic carbocycles. The number of benzene rings is 1. The van der Waals surface area contributed by atoms with E-state index in [0.29, 0.717) is 30.7 Å². The molecule has 1 aromatic carbocycles. The van der Waals surface area contributed by atoms with Gasteiger partial charge in [0.1, 0.15) is 0 Å². The molecule has 1 aromatic heterocycles. The highest BCUT2D eigenvalue weighted by atomic mass is 16.4. The molecule has 0 spiro atoms. The molecule has 134 valence electrons. The molecule has 0 N–H and O–H groups in total. The number of piperidine rings is 1. The highest BCUT2D eigenvalue weighted by molar-refractivity contribution is 5.76. The Balaban J connectivity index is 1.43. The normalized spacial score (nSPS) is 15.7. The third-order valence-electron chi connectivity index (χ3n) is 4.82. The first kappa shape index (κ1) is 17.6. The molecule has 0 atom stereocenters. The standard InChI is InChI=1S/C19H26N4O2/c1-22(2)16-11-13-23(14-12-16)18(24)10-6-9-17-20-21-19(25-17)15-7-4-3-5-8-15/h3-5,7-8,16H,6,9-14H2,1-2H3. The van der Waals surface area contributed by atoms with Gasteiger partial charge >= 0.3 is 0 Å². The van der Waals surface area contributed by atoms with Crippen molar-refractivity contribution < 1.29 is 9.21 Å². The highest BCUT2D eigenvalue weighted by Crippen LogP contribution is 2.19. The largest absolute Gasteiger partial charge is 0.421 e. The lowest BCUT2D eigenvalue weighted by Gasteiger charge is -2.35. The molecular weight excluding hydrogens is 316 g/mol. The van der Waals surface area contributed by atoms with Crippen LogP contribution in [-0.2, 0) is 11.2 Å². The van der Waals surface area contributed by atoms with E-state index in [1.807, 2.05) is 35.2 Å². The van der Waals surface area contributed by atoms with Crippen molar-refractivity contribution in [2.45, 2.75) is 38.1 Å². The summed E-state index contributed by atoms with van der Waals surface area (Å²) < 4.78 is 5.68. The molecular formula is C19H26N4O2. The third kappa shape index (κ3) is 4.66. The van der Waals surface area contributed by atoms with E-state index >= 15 is 0 Å². The molecule has 0 unspecified atom stereocenters. The zero-order chi connectivity index (χ0) is 17.6. The van der Waals surface area contributed by atoms with Gasteiger partial charge in [0.25, 0.3) is 0 Å². The predicted molar refractivity (Wildman–Crippen MR) is 96.0 cm³/mol. The van der Waals surface area contributed by atoms with E-state index in [9.17, 15) is 4.79 Å². The number of aromatic nitrogens is 2. The van der Waals surface area contributed by atoms with Crippen LogP contribution in [0.4, 0.5) is 0 Å². The van der Waals surface area contributed by atoms with Gasteiger partial charge in [-0.1, -0.05) is 18.2 Å². The van der Waals surface area contributed by atoms with Crippen molar-refractivity contribution in [3.05, 3.63) is 36.2 Å². The third-order valence-corrected chi connectivity index (χ3v) is 4.82. The van der Waals surface area contributed by atoms with Gasteiger partial charge < -0.3 is 14.2 Å². The van der Waals surface area contributed by atoms with Gasteiger partial charge in [-0.15, -0.1) is 10.2 Å². The Morgan fingerprint density at radius 3 is 2.60 bits per heavy atom. The summed E-state index contributed by atoms with van der Waals surface area (Å²) in [7, 11) is 4.21. The van der Waals surface area contributed by atoms with Crippen molar-refractivity contribution in [1.82, 2.24) is 20.0 Å². The van der Waals surface area contributed by atoms with Crippen molar-refractivity contribution >= 4 is 5.91 Å². The van der Waals surface area contributed by atoms with Crippen LogP contribution in [0.3, 0.4) is 0 Å². The number of amides is 1. The first-order valence-corrected chi connectivity index (χ1v) is 8.95. The van der Waals surface area contributed by atoms with Crippen LogP contribution in [0.25, 0.3) is 11.5 Å². The zero-order valence-electron chi connectivity index (χ0n) is 15.0. The number of rotatable bonds is 6. The van der Waals surface area contributed by atoms with Gasteiger partial charge in [0.15, 0.2) is 0 Å². The SMILES string of the molecule is CN(C)C1CCN(C(=O)CCCc2nnc(-c3ccccc3)o2)CC1. The predicted octanol–water partition coefficient (Wildman–Crippen LogP) is 2.61. The maximum atomic E-state index is 12.3. The van der Waals surface area contributed by atoms with Gasteiger partial charge in [-0.05, 0) is 45.5 Å². The van der Waals surface area contributed by atoms with Gasteiger partial charge in [0, 0.05) is 37.5 Å². The summed E-state index contributed by atoms with van der Waals surface area (Å²) in [6.07, 6.45) is 4.03. The molecule has 3 rings (SSSR count). The summed E-state index contributed by atoms with van der Waals surface area (Å²) in [6.45, 7) is 1.72. The lowest BCUT2D eigenvalue weighted by Crippen LogP contribution is -2.44. The summed E-state index contributed by atoms with van der Waals surface area (Å²) >= 11 is 0. The van der Waals surface area contributed by atoms with Gasteiger partial charge in [-0.25, -0.2) is 0 Å². The minimum absolute atomic E-state index is 0.236. The summed E-state index contributed by atoms with van der Waals surface area (Å²) in [6, 6.07) is 10.3. The minimum Gasteiger partial charge on any atom is -0.421 e. The van der Waals surface area contributed by atoms with Crippen LogP contribution < -0.4 is 0 Å². The summed E-state index contributed by atoms with van der Waals surface area (Å²) in [5.74, 6) is 1.37. The Labute approximate surface area is 148 Å². The Bertz CT molecular complexity index is 676. The van der Waals surface area contributed by atoms with Crippen molar-refractivity contribution in [2.75, 3.05) is 27.2 Å². The van der Waals surface area contributed by atoms with E-state index < -0.39 is 0 Å². The number of carbonyl (C=O) groups is 1. The molecule has 1 aliphatic heterocycles. The van der Waals surface area contributed by atoms with E-state index in [4.69, 9.17) is 4.42 Å². The van der Waals surface area contributed by atoms with Crippen LogP contribution in [-0.4, -0.2) is 59.1 Å². The molecule has 1 fully saturated rings. The van der Waals surface area contributed by atoms with Gasteiger partial charge in [-0.3, -0.25) is 4.79 Å². The summed E-state index contributed by atoms with van der Waals surface area (Å²) in [5, 5.41) is 8.17. The smallest absolute Gasteiger partial charge is 0.247 e. The van der Waals surface area contributed by atoms with Gasteiger partial charge in [-0.2, -0.15) is 0 Å². The molecule has 0 bridgehead atoms. The molecule has 0 saturated carbocycles. The highest BCUT2D eigenvalue weighted by Gasteiger charge is 2.23. The molecule has 0 radical (unpaired) electrons. The van der Waals surface area contributed by atoms with Crippen molar-refractivity contribution in [2.24, 2.45) is 0 Å².